The number of aryl methyl sites for hydroxylation is 2. The molecule has 1 aromatic rings. The van der Waals surface area contributed by atoms with Crippen LogP contribution in [0.3, 0.4) is 0 Å². The van der Waals surface area contributed by atoms with Gasteiger partial charge in [0.05, 0.1) is 15.9 Å². The van der Waals surface area contributed by atoms with Gasteiger partial charge in [-0.1, -0.05) is 13.8 Å². The lowest BCUT2D eigenvalue weighted by Gasteiger charge is -2.04. The van der Waals surface area contributed by atoms with Gasteiger partial charge in [0, 0.05) is 19.4 Å². The average Bonchev–Trinajstić information content (AvgIpc) is 2.62. The predicted molar refractivity (Wildman–Crippen MR) is 68.6 cm³/mol. The number of halogens is 1. The molecule has 4 heteroatoms. The Hall–Kier alpha value is -0.640. The predicted octanol–water partition coefficient (Wildman–Crippen LogP) is 3.14. The molecule has 0 unspecified atom stereocenters. The summed E-state index contributed by atoms with van der Waals surface area (Å²) in [5.41, 5.74) is 2.24. The molecule has 16 heavy (non-hydrogen) atoms. The van der Waals surface area contributed by atoms with Gasteiger partial charge in [-0.15, -0.1) is 0 Å². The molecule has 0 bridgehead atoms. The van der Waals surface area contributed by atoms with Crippen molar-refractivity contribution in [1.82, 2.24) is 9.78 Å². The second kappa shape index (κ2) is 6.18. The smallest absolute Gasteiger partial charge is 0.133 e. The van der Waals surface area contributed by atoms with Gasteiger partial charge >= 0.3 is 0 Å². The van der Waals surface area contributed by atoms with Crippen LogP contribution in [0.2, 0.25) is 0 Å². The lowest BCUT2D eigenvalue weighted by Crippen LogP contribution is -2.06. The third kappa shape index (κ3) is 2.94. The van der Waals surface area contributed by atoms with Crippen molar-refractivity contribution in [2.24, 2.45) is 0 Å². The number of carbonyl (C=O) groups excluding carboxylic acids is 1. The number of aromatic nitrogens is 2. The highest BCUT2D eigenvalue weighted by Gasteiger charge is 2.14. The molecule has 0 amide bonds. The molecule has 0 atom stereocenters. The molecule has 1 aromatic heterocycles. The fourth-order valence-corrected chi connectivity index (χ4v) is 2.45. The Balaban J connectivity index is 2.84. The van der Waals surface area contributed by atoms with Crippen molar-refractivity contribution in [3.63, 3.8) is 0 Å². The van der Waals surface area contributed by atoms with Crippen LogP contribution >= 0.6 is 15.9 Å². The maximum absolute atomic E-state index is 11.3. The first-order chi connectivity index (χ1) is 7.63. The zero-order valence-corrected chi connectivity index (χ0v) is 11.8. The van der Waals surface area contributed by atoms with Crippen molar-refractivity contribution in [3.05, 3.63) is 15.9 Å². The summed E-state index contributed by atoms with van der Waals surface area (Å²) in [6, 6.07) is 0. The maximum Gasteiger partial charge on any atom is 0.133 e. The number of carbonyl (C=O) groups is 1. The summed E-state index contributed by atoms with van der Waals surface area (Å²) in [7, 11) is 0. The minimum Gasteiger partial charge on any atom is -0.300 e. The van der Waals surface area contributed by atoms with Gasteiger partial charge in [0.25, 0.3) is 0 Å². The quantitative estimate of drug-likeness (QED) is 0.805. The van der Waals surface area contributed by atoms with Gasteiger partial charge in [0.2, 0.25) is 0 Å². The van der Waals surface area contributed by atoms with Crippen LogP contribution in [0.5, 0.6) is 0 Å². The van der Waals surface area contributed by atoms with E-state index in [1.54, 1.807) is 0 Å². The van der Waals surface area contributed by atoms with Crippen LogP contribution in [0.1, 0.15) is 45.0 Å². The molecule has 0 spiro atoms. The number of ketones is 1. The fraction of sp³-hybridized carbons (Fsp3) is 0.667. The number of rotatable bonds is 6. The highest BCUT2D eigenvalue weighted by atomic mass is 79.9. The summed E-state index contributed by atoms with van der Waals surface area (Å²) in [6.45, 7) is 6.93. The summed E-state index contributed by atoms with van der Waals surface area (Å²) >= 11 is 3.58. The summed E-state index contributed by atoms with van der Waals surface area (Å²) < 4.78 is 3.08. The van der Waals surface area contributed by atoms with Crippen LogP contribution in [-0.4, -0.2) is 15.6 Å². The lowest BCUT2D eigenvalue weighted by atomic mass is 10.1. The van der Waals surface area contributed by atoms with E-state index in [2.05, 4.69) is 34.9 Å². The highest BCUT2D eigenvalue weighted by molar-refractivity contribution is 9.10. The third-order valence-corrected chi connectivity index (χ3v) is 3.64. The Morgan fingerprint density at radius 2 is 2.06 bits per heavy atom. The van der Waals surface area contributed by atoms with Gasteiger partial charge in [0.15, 0.2) is 0 Å². The molecule has 0 N–H and O–H groups in total. The van der Waals surface area contributed by atoms with Crippen LogP contribution in [0.4, 0.5) is 0 Å². The first-order valence-electron chi connectivity index (χ1n) is 5.89. The number of Topliss-reactive ketones (excluding diaryl/α,β-unsaturated/α-hetero) is 1. The Bertz CT molecular complexity index is 371. The number of hydrogen-bond donors (Lipinski definition) is 0. The van der Waals surface area contributed by atoms with Crippen molar-refractivity contribution >= 4 is 21.7 Å². The monoisotopic (exact) mass is 286 g/mol. The van der Waals surface area contributed by atoms with Crippen molar-refractivity contribution < 1.29 is 4.79 Å². The molecule has 1 rings (SSSR count). The summed E-state index contributed by atoms with van der Waals surface area (Å²) in [4.78, 5) is 11.3. The van der Waals surface area contributed by atoms with Crippen LogP contribution < -0.4 is 0 Å². The zero-order valence-electron chi connectivity index (χ0n) is 10.2. The normalized spacial score (nSPS) is 10.8. The molecule has 1 heterocycles. The Morgan fingerprint density at radius 1 is 1.38 bits per heavy atom. The summed E-state index contributed by atoms with van der Waals surface area (Å²) in [5.74, 6) is 0.314. The molecule has 0 aliphatic carbocycles. The topological polar surface area (TPSA) is 34.9 Å². The largest absolute Gasteiger partial charge is 0.300 e. The molecule has 0 saturated carbocycles. The molecular formula is C12H19BrN2O. The maximum atomic E-state index is 11.3. The zero-order chi connectivity index (χ0) is 12.1. The Kier molecular flexibility index (Phi) is 5.19. The molecule has 0 aromatic carbocycles. The van der Waals surface area contributed by atoms with E-state index in [-0.39, 0.29) is 0 Å². The third-order valence-electron chi connectivity index (χ3n) is 2.73. The minimum atomic E-state index is 0.314. The van der Waals surface area contributed by atoms with Crippen LogP contribution in [0, 0.1) is 0 Å². The summed E-state index contributed by atoms with van der Waals surface area (Å²) in [5, 5.41) is 4.51. The molecule has 0 aliphatic rings. The van der Waals surface area contributed by atoms with Crippen LogP contribution in [0.15, 0.2) is 4.47 Å². The molecular weight excluding hydrogens is 268 g/mol. The van der Waals surface area contributed by atoms with E-state index in [0.717, 1.165) is 35.2 Å². The van der Waals surface area contributed by atoms with Gasteiger partial charge in [-0.05, 0) is 35.7 Å². The van der Waals surface area contributed by atoms with Crippen LogP contribution in [-0.2, 0) is 24.2 Å². The van der Waals surface area contributed by atoms with Gasteiger partial charge in [-0.25, -0.2) is 0 Å². The van der Waals surface area contributed by atoms with Crippen LogP contribution in [0.25, 0.3) is 0 Å². The van der Waals surface area contributed by atoms with Crippen molar-refractivity contribution in [3.8, 4) is 0 Å². The molecule has 3 nitrogen and oxygen atoms in total. The molecule has 0 saturated heterocycles. The second-order valence-corrected chi connectivity index (χ2v) is 4.56. The van der Waals surface area contributed by atoms with E-state index in [1.807, 2.05) is 11.6 Å². The number of hydrogen-bond acceptors (Lipinski definition) is 2. The van der Waals surface area contributed by atoms with Crippen molar-refractivity contribution in [2.75, 3.05) is 0 Å². The van der Waals surface area contributed by atoms with Gasteiger partial charge in [-0.3, -0.25) is 9.48 Å². The SMILES string of the molecule is CCC(=O)CCc1c(Br)c(CC)nn1CC. The Morgan fingerprint density at radius 3 is 2.56 bits per heavy atom. The van der Waals surface area contributed by atoms with Gasteiger partial charge < -0.3 is 0 Å². The van der Waals surface area contributed by atoms with E-state index in [1.165, 1.54) is 0 Å². The van der Waals surface area contributed by atoms with E-state index >= 15 is 0 Å². The van der Waals surface area contributed by atoms with Crippen molar-refractivity contribution in [2.45, 2.75) is 53.0 Å². The molecule has 0 fully saturated rings. The highest BCUT2D eigenvalue weighted by Crippen LogP contribution is 2.23. The summed E-state index contributed by atoms with van der Waals surface area (Å²) in [6.07, 6.45) is 2.94. The van der Waals surface area contributed by atoms with E-state index in [4.69, 9.17) is 0 Å². The standard InChI is InChI=1S/C12H19BrN2O/c1-4-9(16)7-8-11-12(13)10(5-2)14-15(11)6-3/h4-8H2,1-3H3. The fourth-order valence-electron chi connectivity index (χ4n) is 1.69. The molecule has 0 radical (unpaired) electrons. The van der Waals surface area contributed by atoms with Crippen molar-refractivity contribution in [1.29, 1.82) is 0 Å². The first kappa shape index (κ1) is 13.4. The second-order valence-electron chi connectivity index (χ2n) is 3.77. The number of nitrogens with zero attached hydrogens (tertiary/aromatic N) is 2. The minimum absolute atomic E-state index is 0.314. The van der Waals surface area contributed by atoms with E-state index in [9.17, 15) is 4.79 Å². The van der Waals surface area contributed by atoms with Gasteiger partial charge in [0.1, 0.15) is 5.78 Å². The first-order valence-corrected chi connectivity index (χ1v) is 6.69. The molecule has 0 aliphatic heterocycles. The lowest BCUT2D eigenvalue weighted by molar-refractivity contribution is -0.118. The average molecular weight is 287 g/mol. The van der Waals surface area contributed by atoms with E-state index < -0.39 is 0 Å². The molecule has 90 valence electrons. The Labute approximate surface area is 105 Å². The van der Waals surface area contributed by atoms with Gasteiger partial charge in [-0.2, -0.15) is 5.10 Å². The van der Waals surface area contributed by atoms with E-state index in [0.29, 0.717) is 18.6 Å².